The number of hydrogen-bond acceptors (Lipinski definition) is 3. The Balaban J connectivity index is 2.77. The maximum absolute atomic E-state index is 11.6. The first-order valence-corrected chi connectivity index (χ1v) is 5.93. The van der Waals surface area contributed by atoms with Crippen molar-refractivity contribution in [3.05, 3.63) is 47.0 Å². The van der Waals surface area contributed by atoms with Crippen LogP contribution in [-0.4, -0.2) is 17.3 Å². The molecule has 2 aromatic rings. The molecule has 0 unspecified atom stereocenters. The average Bonchev–Trinajstić information content (AvgIpc) is 2.36. The van der Waals surface area contributed by atoms with Crippen LogP contribution in [0.3, 0.4) is 0 Å². The number of fused-ring (bicyclic) bond motifs is 1. The molecule has 2 aromatic carbocycles. The van der Waals surface area contributed by atoms with Crippen LogP contribution < -0.4 is 0 Å². The molecule has 0 atom stereocenters. The van der Waals surface area contributed by atoms with Crippen LogP contribution in [0.2, 0.25) is 0 Å². The molecule has 0 bridgehead atoms. The van der Waals surface area contributed by atoms with Crippen molar-refractivity contribution in [2.45, 2.75) is 20.8 Å². The highest BCUT2D eigenvalue weighted by atomic mass is 16.1. The summed E-state index contributed by atoms with van der Waals surface area (Å²) < 4.78 is 0. The third kappa shape index (κ3) is 2.45. The van der Waals surface area contributed by atoms with Crippen LogP contribution >= 0.6 is 0 Å². The van der Waals surface area contributed by atoms with Gasteiger partial charge in [0.2, 0.25) is 0 Å². The minimum atomic E-state index is -0.192. The fraction of sp³-hybridized carbons (Fsp3) is 0.188. The molecule has 0 fully saturated rings. The number of carbonyl (C=O) groups excluding carboxylic acids is 3. The highest BCUT2D eigenvalue weighted by molar-refractivity contribution is 6.11. The van der Waals surface area contributed by atoms with Gasteiger partial charge < -0.3 is 0 Å². The van der Waals surface area contributed by atoms with E-state index >= 15 is 0 Å². The molecule has 1 radical (unpaired) electrons. The predicted molar refractivity (Wildman–Crippen MR) is 72.8 cm³/mol. The topological polar surface area (TPSA) is 51.2 Å². The zero-order valence-corrected chi connectivity index (χ0v) is 11.0. The Bertz CT molecular complexity index is 711. The Morgan fingerprint density at radius 1 is 0.895 bits per heavy atom. The fourth-order valence-corrected chi connectivity index (χ4v) is 2.00. The number of rotatable bonds is 3. The van der Waals surface area contributed by atoms with Gasteiger partial charge in [0.05, 0.1) is 0 Å². The molecule has 3 heteroatoms. The van der Waals surface area contributed by atoms with Crippen molar-refractivity contribution in [3.8, 4) is 0 Å². The molecule has 0 aromatic heterocycles. The van der Waals surface area contributed by atoms with Crippen LogP contribution in [0.5, 0.6) is 0 Å². The molecule has 2 rings (SSSR count). The van der Waals surface area contributed by atoms with Crippen molar-refractivity contribution in [1.29, 1.82) is 0 Å². The lowest BCUT2D eigenvalue weighted by molar-refractivity contribution is 0.0981. The lowest BCUT2D eigenvalue weighted by Crippen LogP contribution is -2.04. The summed E-state index contributed by atoms with van der Waals surface area (Å²) in [4.78, 5) is 34.5. The van der Waals surface area contributed by atoms with Crippen molar-refractivity contribution in [2.24, 2.45) is 0 Å². The molecule has 95 valence electrons. The van der Waals surface area contributed by atoms with Gasteiger partial charge in [0.15, 0.2) is 17.3 Å². The van der Waals surface area contributed by atoms with Crippen LogP contribution in [0, 0.1) is 6.07 Å². The smallest absolute Gasteiger partial charge is 0.161 e. The molecule has 0 aliphatic rings. The molecule has 0 N–H and O–H groups in total. The second kappa shape index (κ2) is 4.76. The lowest BCUT2D eigenvalue weighted by Gasteiger charge is -2.07. The minimum absolute atomic E-state index is 0.0399. The molecule has 0 aliphatic carbocycles. The van der Waals surface area contributed by atoms with Gasteiger partial charge in [-0.25, -0.2) is 0 Å². The van der Waals surface area contributed by atoms with Gasteiger partial charge in [-0.3, -0.25) is 14.4 Å². The molecule has 3 nitrogen and oxygen atoms in total. The zero-order valence-electron chi connectivity index (χ0n) is 11.0. The molecular formula is C16H13O3. The second-order valence-electron chi connectivity index (χ2n) is 4.53. The van der Waals surface area contributed by atoms with Crippen molar-refractivity contribution >= 4 is 28.1 Å². The van der Waals surface area contributed by atoms with Crippen LogP contribution in [0.1, 0.15) is 51.8 Å². The first-order chi connectivity index (χ1) is 8.90. The first kappa shape index (κ1) is 13.1. The van der Waals surface area contributed by atoms with Gasteiger partial charge >= 0.3 is 0 Å². The standard InChI is InChI=1S/C16H13O3/c1-9(17)12-4-5-13-7-15(10(2)18)16(11(3)19)8-14(13)6-12/h4-6,8H,1-3H3. The average molecular weight is 253 g/mol. The van der Waals surface area contributed by atoms with Crippen LogP contribution in [0.4, 0.5) is 0 Å². The summed E-state index contributed by atoms with van der Waals surface area (Å²) in [6.45, 7) is 4.31. The Labute approximate surface area is 111 Å². The van der Waals surface area contributed by atoms with E-state index in [1.54, 1.807) is 24.3 Å². The van der Waals surface area contributed by atoms with Crippen LogP contribution in [0.25, 0.3) is 10.8 Å². The highest BCUT2D eigenvalue weighted by Crippen LogP contribution is 2.22. The van der Waals surface area contributed by atoms with E-state index in [9.17, 15) is 14.4 Å². The quantitative estimate of drug-likeness (QED) is 0.789. The Kier molecular flexibility index (Phi) is 3.30. The van der Waals surface area contributed by atoms with E-state index in [2.05, 4.69) is 6.07 Å². The minimum Gasteiger partial charge on any atom is -0.295 e. The Morgan fingerprint density at radius 2 is 1.58 bits per heavy atom. The maximum Gasteiger partial charge on any atom is 0.161 e. The van der Waals surface area contributed by atoms with Crippen LogP contribution in [0.15, 0.2) is 24.3 Å². The van der Waals surface area contributed by atoms with E-state index in [0.29, 0.717) is 16.7 Å². The van der Waals surface area contributed by atoms with E-state index in [0.717, 1.165) is 10.8 Å². The number of ketones is 3. The maximum atomic E-state index is 11.6. The third-order valence-electron chi connectivity index (χ3n) is 3.02. The zero-order chi connectivity index (χ0) is 14.2. The highest BCUT2D eigenvalue weighted by Gasteiger charge is 2.13. The normalized spacial score (nSPS) is 10.5. The van der Waals surface area contributed by atoms with Gasteiger partial charge in [-0.1, -0.05) is 12.1 Å². The number of carbonyl (C=O) groups is 3. The summed E-state index contributed by atoms with van der Waals surface area (Å²) in [6.07, 6.45) is 0. The summed E-state index contributed by atoms with van der Waals surface area (Å²) in [6, 6.07) is 9.76. The molecule has 0 spiro atoms. The lowest BCUT2D eigenvalue weighted by atomic mass is 9.95. The van der Waals surface area contributed by atoms with E-state index in [4.69, 9.17) is 0 Å². The van der Waals surface area contributed by atoms with Crippen molar-refractivity contribution in [1.82, 2.24) is 0 Å². The van der Waals surface area contributed by atoms with Gasteiger partial charge in [0.1, 0.15) is 0 Å². The molecule has 0 heterocycles. The van der Waals surface area contributed by atoms with Crippen molar-refractivity contribution in [2.75, 3.05) is 0 Å². The Hall–Kier alpha value is -2.29. The summed E-state index contributed by atoms with van der Waals surface area (Å²) in [7, 11) is 0. The van der Waals surface area contributed by atoms with E-state index in [1.165, 1.54) is 20.8 Å². The predicted octanol–water partition coefficient (Wildman–Crippen LogP) is 3.25. The molecular weight excluding hydrogens is 240 g/mol. The van der Waals surface area contributed by atoms with Crippen molar-refractivity contribution < 1.29 is 14.4 Å². The number of benzene rings is 2. The largest absolute Gasteiger partial charge is 0.295 e. The Morgan fingerprint density at radius 3 is 2.11 bits per heavy atom. The fourth-order valence-electron chi connectivity index (χ4n) is 2.00. The summed E-state index contributed by atoms with van der Waals surface area (Å²) in [5.41, 5.74) is 1.22. The monoisotopic (exact) mass is 253 g/mol. The molecule has 0 saturated heterocycles. The summed E-state index contributed by atoms with van der Waals surface area (Å²) in [5.74, 6) is -0.416. The SMILES string of the molecule is CC(=O)c1ccc2[c]c(C(C)=O)c(C(C)=O)cc2c1. The van der Waals surface area contributed by atoms with E-state index in [1.807, 2.05) is 0 Å². The third-order valence-corrected chi connectivity index (χ3v) is 3.02. The molecule has 19 heavy (non-hydrogen) atoms. The first-order valence-electron chi connectivity index (χ1n) is 5.93. The van der Waals surface area contributed by atoms with Gasteiger partial charge in [0, 0.05) is 22.8 Å². The van der Waals surface area contributed by atoms with Crippen molar-refractivity contribution in [3.63, 3.8) is 0 Å². The van der Waals surface area contributed by atoms with Gasteiger partial charge in [-0.15, -0.1) is 0 Å². The number of hydrogen-bond donors (Lipinski definition) is 0. The molecule has 0 aliphatic heterocycles. The van der Waals surface area contributed by atoms with E-state index in [-0.39, 0.29) is 17.3 Å². The summed E-state index contributed by atoms with van der Waals surface area (Å²) >= 11 is 0. The molecule has 0 saturated carbocycles. The van der Waals surface area contributed by atoms with E-state index < -0.39 is 0 Å². The number of Topliss-reactive ketones (excluding diaryl/α,β-unsaturated/α-hetero) is 3. The second-order valence-corrected chi connectivity index (χ2v) is 4.53. The summed E-state index contributed by atoms with van der Waals surface area (Å²) in [5, 5.41) is 1.46. The van der Waals surface area contributed by atoms with Gasteiger partial charge in [-0.05, 0) is 43.7 Å². The van der Waals surface area contributed by atoms with Gasteiger partial charge in [-0.2, -0.15) is 0 Å². The molecule has 0 amide bonds. The van der Waals surface area contributed by atoms with Gasteiger partial charge in [0.25, 0.3) is 0 Å². The van der Waals surface area contributed by atoms with Crippen LogP contribution in [-0.2, 0) is 0 Å².